The molecule has 1 amide bonds. The fraction of sp³-hybridized carbons (Fsp3) is 0.167. The van der Waals surface area contributed by atoms with Gasteiger partial charge in [-0.15, -0.1) is 10.2 Å². The summed E-state index contributed by atoms with van der Waals surface area (Å²) in [5, 5.41) is 11.5. The molecule has 0 aliphatic rings. The van der Waals surface area contributed by atoms with Crippen LogP contribution in [-0.4, -0.2) is 36.1 Å². The lowest BCUT2D eigenvalue weighted by Crippen LogP contribution is -2.13. The summed E-state index contributed by atoms with van der Waals surface area (Å²) < 4.78 is 16.0. The van der Waals surface area contributed by atoms with Gasteiger partial charge in [-0.3, -0.25) is 4.79 Å². The average Bonchev–Trinajstić information content (AvgIpc) is 3.15. The minimum atomic E-state index is -0.201. The van der Waals surface area contributed by atoms with E-state index >= 15 is 0 Å². The molecule has 0 bridgehead atoms. The second-order valence-electron chi connectivity index (χ2n) is 5.29. The first-order valence-electron chi connectivity index (χ1n) is 7.83. The number of thioether (sulfide) groups is 1. The van der Waals surface area contributed by atoms with E-state index in [-0.39, 0.29) is 22.8 Å². The maximum Gasteiger partial charge on any atom is 0.277 e. The molecule has 0 unspecified atom stereocenters. The summed E-state index contributed by atoms with van der Waals surface area (Å²) in [6, 6.07) is 12.2. The Morgan fingerprint density at radius 1 is 1.19 bits per heavy atom. The van der Waals surface area contributed by atoms with Crippen LogP contribution in [-0.2, 0) is 4.79 Å². The minimum absolute atomic E-state index is 0.117. The Labute approximate surface area is 165 Å². The molecular formula is C18H16ClN3O4S. The fourth-order valence-electron chi connectivity index (χ4n) is 2.25. The summed E-state index contributed by atoms with van der Waals surface area (Å²) in [5.74, 6) is 1.41. The molecule has 0 spiro atoms. The standard InChI is InChI=1S/C18H16ClN3O4S/c1-24-13-5-3-4-12(9-13)20-16(23)10-27-18-22-21-17(26-18)14-8-11(19)6-7-15(14)25-2/h3-9H,10H2,1-2H3,(H,20,23). The molecule has 9 heteroatoms. The fourth-order valence-corrected chi connectivity index (χ4v) is 2.98. The number of methoxy groups -OCH3 is 2. The van der Waals surface area contributed by atoms with E-state index in [1.54, 1.807) is 56.7 Å². The quantitative estimate of drug-likeness (QED) is 0.591. The number of nitrogens with one attached hydrogen (secondary N) is 1. The molecule has 0 fully saturated rings. The predicted octanol–water partition coefficient (Wildman–Crippen LogP) is 4.14. The lowest BCUT2D eigenvalue weighted by molar-refractivity contribution is -0.113. The van der Waals surface area contributed by atoms with Gasteiger partial charge in [-0.25, -0.2) is 0 Å². The van der Waals surface area contributed by atoms with Crippen molar-refractivity contribution in [3.8, 4) is 23.0 Å². The molecule has 0 radical (unpaired) electrons. The maximum atomic E-state index is 12.1. The molecule has 0 saturated heterocycles. The monoisotopic (exact) mass is 405 g/mol. The van der Waals surface area contributed by atoms with Crippen molar-refractivity contribution in [1.82, 2.24) is 10.2 Å². The van der Waals surface area contributed by atoms with Gasteiger partial charge in [-0.1, -0.05) is 29.4 Å². The van der Waals surface area contributed by atoms with E-state index in [1.165, 1.54) is 0 Å². The third-order valence-electron chi connectivity index (χ3n) is 3.48. The smallest absolute Gasteiger partial charge is 0.277 e. The van der Waals surface area contributed by atoms with Crippen LogP contribution in [0.4, 0.5) is 5.69 Å². The number of carbonyl (C=O) groups is 1. The highest BCUT2D eigenvalue weighted by atomic mass is 35.5. The minimum Gasteiger partial charge on any atom is -0.497 e. The second-order valence-corrected chi connectivity index (χ2v) is 6.65. The first kappa shape index (κ1) is 19.1. The molecule has 3 rings (SSSR count). The maximum absolute atomic E-state index is 12.1. The van der Waals surface area contributed by atoms with Gasteiger partial charge in [-0.05, 0) is 30.3 Å². The van der Waals surface area contributed by atoms with E-state index < -0.39 is 0 Å². The Morgan fingerprint density at radius 2 is 2.04 bits per heavy atom. The number of hydrogen-bond acceptors (Lipinski definition) is 7. The molecule has 3 aromatic rings. The third kappa shape index (κ3) is 4.93. The van der Waals surface area contributed by atoms with E-state index in [0.29, 0.717) is 27.8 Å². The number of halogens is 1. The summed E-state index contributed by atoms with van der Waals surface area (Å²) >= 11 is 7.15. The molecule has 1 aromatic heterocycles. The SMILES string of the molecule is COc1cccc(NC(=O)CSc2nnc(-c3cc(Cl)ccc3OC)o2)c1. The van der Waals surface area contributed by atoms with Gasteiger partial charge < -0.3 is 19.2 Å². The number of rotatable bonds is 7. The molecule has 140 valence electrons. The van der Waals surface area contributed by atoms with E-state index in [9.17, 15) is 4.79 Å². The second kappa shape index (κ2) is 8.79. The van der Waals surface area contributed by atoms with Gasteiger partial charge in [0.15, 0.2) is 0 Å². The van der Waals surface area contributed by atoms with Crippen molar-refractivity contribution in [1.29, 1.82) is 0 Å². The lowest BCUT2D eigenvalue weighted by atomic mass is 10.2. The normalized spacial score (nSPS) is 10.5. The molecule has 1 heterocycles. The van der Waals surface area contributed by atoms with Crippen LogP contribution < -0.4 is 14.8 Å². The van der Waals surface area contributed by atoms with Crippen LogP contribution in [0.2, 0.25) is 5.02 Å². The summed E-state index contributed by atoms with van der Waals surface area (Å²) in [7, 11) is 3.11. The third-order valence-corrected chi connectivity index (χ3v) is 4.53. The molecule has 2 aromatic carbocycles. The van der Waals surface area contributed by atoms with Gasteiger partial charge in [0.1, 0.15) is 11.5 Å². The van der Waals surface area contributed by atoms with Crippen LogP contribution in [0.5, 0.6) is 11.5 Å². The van der Waals surface area contributed by atoms with E-state index in [1.807, 2.05) is 0 Å². The van der Waals surface area contributed by atoms with Crippen molar-refractivity contribution in [2.75, 3.05) is 25.3 Å². The average molecular weight is 406 g/mol. The zero-order valence-electron chi connectivity index (χ0n) is 14.6. The summed E-state index contributed by atoms with van der Waals surface area (Å²) in [6.45, 7) is 0. The molecule has 0 aliphatic carbocycles. The number of benzene rings is 2. The number of ether oxygens (including phenoxy) is 2. The van der Waals surface area contributed by atoms with Crippen molar-refractivity contribution < 1.29 is 18.7 Å². The van der Waals surface area contributed by atoms with Gasteiger partial charge in [-0.2, -0.15) is 0 Å². The van der Waals surface area contributed by atoms with Crippen LogP contribution in [0.25, 0.3) is 11.5 Å². The van der Waals surface area contributed by atoms with Crippen LogP contribution in [0.3, 0.4) is 0 Å². The molecule has 1 N–H and O–H groups in total. The number of carbonyl (C=O) groups excluding carboxylic acids is 1. The molecule has 0 atom stereocenters. The molecule has 27 heavy (non-hydrogen) atoms. The topological polar surface area (TPSA) is 86.5 Å². The van der Waals surface area contributed by atoms with Gasteiger partial charge in [0.25, 0.3) is 11.1 Å². The highest BCUT2D eigenvalue weighted by Gasteiger charge is 2.15. The van der Waals surface area contributed by atoms with Crippen LogP contribution in [0.15, 0.2) is 52.1 Å². The van der Waals surface area contributed by atoms with Crippen molar-refractivity contribution in [3.05, 3.63) is 47.5 Å². The Hall–Kier alpha value is -2.71. The van der Waals surface area contributed by atoms with Gasteiger partial charge in [0, 0.05) is 16.8 Å². The van der Waals surface area contributed by atoms with Crippen molar-refractivity contribution in [2.24, 2.45) is 0 Å². The van der Waals surface area contributed by atoms with Gasteiger partial charge >= 0.3 is 0 Å². The number of amides is 1. The van der Waals surface area contributed by atoms with E-state index in [2.05, 4.69) is 15.5 Å². The molecule has 7 nitrogen and oxygen atoms in total. The summed E-state index contributed by atoms with van der Waals surface area (Å²) in [6.07, 6.45) is 0. The van der Waals surface area contributed by atoms with Crippen molar-refractivity contribution >= 4 is 35.0 Å². The zero-order valence-corrected chi connectivity index (χ0v) is 16.1. The van der Waals surface area contributed by atoms with Crippen molar-refractivity contribution in [2.45, 2.75) is 5.22 Å². The Bertz CT molecular complexity index is 948. The van der Waals surface area contributed by atoms with Crippen LogP contribution in [0, 0.1) is 0 Å². The summed E-state index contributed by atoms with van der Waals surface area (Å²) in [5.41, 5.74) is 1.24. The summed E-state index contributed by atoms with van der Waals surface area (Å²) in [4.78, 5) is 12.1. The van der Waals surface area contributed by atoms with Crippen LogP contribution >= 0.6 is 23.4 Å². The molecule has 0 aliphatic heterocycles. The highest BCUT2D eigenvalue weighted by Crippen LogP contribution is 2.33. The van der Waals surface area contributed by atoms with Gasteiger partial charge in [0.05, 0.1) is 25.5 Å². The zero-order chi connectivity index (χ0) is 19.2. The number of hydrogen-bond donors (Lipinski definition) is 1. The van der Waals surface area contributed by atoms with Crippen molar-refractivity contribution in [3.63, 3.8) is 0 Å². The van der Waals surface area contributed by atoms with E-state index in [0.717, 1.165) is 11.8 Å². The Kier molecular flexibility index (Phi) is 6.20. The Morgan fingerprint density at radius 3 is 2.81 bits per heavy atom. The lowest BCUT2D eigenvalue weighted by Gasteiger charge is -2.06. The van der Waals surface area contributed by atoms with Crippen LogP contribution in [0.1, 0.15) is 0 Å². The number of anilines is 1. The molecule has 0 saturated carbocycles. The van der Waals surface area contributed by atoms with E-state index in [4.69, 9.17) is 25.5 Å². The first-order chi connectivity index (χ1) is 13.1. The predicted molar refractivity (Wildman–Crippen MR) is 104 cm³/mol. The van der Waals surface area contributed by atoms with Gasteiger partial charge in [0.2, 0.25) is 5.91 Å². The first-order valence-corrected chi connectivity index (χ1v) is 9.19. The highest BCUT2D eigenvalue weighted by molar-refractivity contribution is 7.99. The number of aromatic nitrogens is 2. The number of nitrogens with zero attached hydrogens (tertiary/aromatic N) is 2. The Balaban J connectivity index is 1.63. The molecular weight excluding hydrogens is 390 g/mol. The largest absolute Gasteiger partial charge is 0.497 e.